The first-order valence-electron chi connectivity index (χ1n) is 5.05. The second-order valence-corrected chi connectivity index (χ2v) is 3.52. The van der Waals surface area contributed by atoms with Crippen molar-refractivity contribution in [3.63, 3.8) is 0 Å². The molecule has 0 aliphatic rings. The molecule has 0 fully saturated rings. The average molecular weight is 227 g/mol. The molecule has 0 saturated heterocycles. The molecule has 1 aromatic carbocycles. The van der Waals surface area contributed by atoms with Crippen LogP contribution in [0.5, 0.6) is 0 Å². The number of anilines is 1. The highest BCUT2D eigenvalue weighted by Gasteiger charge is 2.08. The minimum Gasteiger partial charge on any atom is -0.445 e. The molecular weight excluding hydrogens is 218 g/mol. The molecule has 0 saturated carbocycles. The van der Waals surface area contributed by atoms with Crippen molar-refractivity contribution in [1.29, 1.82) is 0 Å². The van der Waals surface area contributed by atoms with Gasteiger partial charge in [0, 0.05) is 5.56 Å². The molecule has 3 aromatic rings. The Kier molecular flexibility index (Phi) is 2.15. The normalized spacial score (nSPS) is 10.6. The van der Waals surface area contributed by atoms with Crippen LogP contribution >= 0.6 is 0 Å². The molecule has 5 heteroatoms. The Morgan fingerprint density at radius 2 is 1.82 bits per heavy atom. The lowest BCUT2D eigenvalue weighted by Crippen LogP contribution is -1.85. The highest BCUT2D eigenvalue weighted by Crippen LogP contribution is 2.27. The second kappa shape index (κ2) is 3.79. The molecule has 84 valence electrons. The van der Waals surface area contributed by atoms with E-state index in [9.17, 15) is 0 Å². The van der Waals surface area contributed by atoms with Crippen molar-refractivity contribution < 1.29 is 8.94 Å². The molecule has 0 bridgehead atoms. The van der Waals surface area contributed by atoms with Crippen molar-refractivity contribution in [2.45, 2.75) is 0 Å². The number of nitrogens with zero attached hydrogens (tertiary/aromatic N) is 2. The van der Waals surface area contributed by atoms with Crippen LogP contribution in [0.1, 0.15) is 0 Å². The summed E-state index contributed by atoms with van der Waals surface area (Å²) in [5.74, 6) is 0.906. The zero-order valence-electron chi connectivity index (χ0n) is 8.83. The molecule has 0 amide bonds. The lowest BCUT2D eigenvalue weighted by Gasteiger charge is -1.99. The lowest BCUT2D eigenvalue weighted by atomic mass is 10.1. The predicted molar refractivity (Wildman–Crippen MR) is 61.8 cm³/mol. The van der Waals surface area contributed by atoms with Gasteiger partial charge in [-0.1, -0.05) is 17.3 Å². The summed E-state index contributed by atoms with van der Waals surface area (Å²) >= 11 is 0. The summed E-state index contributed by atoms with van der Waals surface area (Å²) < 4.78 is 10.0. The minimum atomic E-state index is 0.314. The van der Waals surface area contributed by atoms with Crippen LogP contribution in [0, 0.1) is 0 Å². The maximum atomic E-state index is 5.65. The summed E-state index contributed by atoms with van der Waals surface area (Å²) in [6.45, 7) is 0. The Morgan fingerprint density at radius 3 is 2.41 bits per heavy atom. The van der Waals surface area contributed by atoms with Crippen LogP contribution in [0.25, 0.3) is 22.6 Å². The quantitative estimate of drug-likeness (QED) is 0.727. The summed E-state index contributed by atoms with van der Waals surface area (Å²) in [6.07, 6.45) is 4.75. The summed E-state index contributed by atoms with van der Waals surface area (Å²) in [5.41, 5.74) is 8.28. The SMILES string of the molecule is Nc1oncc1-c1ccc(-c2ncco2)cc1. The van der Waals surface area contributed by atoms with Gasteiger partial charge in [-0.3, -0.25) is 0 Å². The van der Waals surface area contributed by atoms with Crippen LogP contribution in [0.3, 0.4) is 0 Å². The Morgan fingerprint density at radius 1 is 1.06 bits per heavy atom. The molecule has 0 radical (unpaired) electrons. The first-order chi connectivity index (χ1) is 8.34. The van der Waals surface area contributed by atoms with Gasteiger partial charge in [-0.2, -0.15) is 0 Å². The zero-order valence-corrected chi connectivity index (χ0v) is 8.83. The van der Waals surface area contributed by atoms with Gasteiger partial charge in [0.05, 0.1) is 18.0 Å². The van der Waals surface area contributed by atoms with Crippen LogP contribution in [0.4, 0.5) is 5.88 Å². The van der Waals surface area contributed by atoms with Crippen molar-refractivity contribution >= 4 is 5.88 Å². The summed E-state index contributed by atoms with van der Waals surface area (Å²) in [5, 5.41) is 3.64. The smallest absolute Gasteiger partial charge is 0.229 e. The van der Waals surface area contributed by atoms with Crippen LogP contribution in [0.2, 0.25) is 0 Å². The number of hydrogen-bond acceptors (Lipinski definition) is 5. The number of oxazole rings is 1. The van der Waals surface area contributed by atoms with Crippen molar-refractivity contribution in [2.24, 2.45) is 0 Å². The number of nitrogens with two attached hydrogens (primary N) is 1. The van der Waals surface area contributed by atoms with Gasteiger partial charge in [-0.05, 0) is 17.7 Å². The van der Waals surface area contributed by atoms with Gasteiger partial charge in [0.2, 0.25) is 11.8 Å². The van der Waals surface area contributed by atoms with Gasteiger partial charge < -0.3 is 14.7 Å². The van der Waals surface area contributed by atoms with Gasteiger partial charge in [0.25, 0.3) is 0 Å². The maximum absolute atomic E-state index is 5.65. The first kappa shape index (κ1) is 9.65. The summed E-state index contributed by atoms with van der Waals surface area (Å²) in [7, 11) is 0. The van der Waals surface area contributed by atoms with Crippen LogP contribution in [0.15, 0.2) is 51.9 Å². The summed E-state index contributed by atoms with van der Waals surface area (Å²) in [6, 6.07) is 7.66. The Balaban J connectivity index is 1.99. The van der Waals surface area contributed by atoms with E-state index in [2.05, 4.69) is 10.1 Å². The van der Waals surface area contributed by atoms with Crippen LogP contribution in [-0.2, 0) is 0 Å². The minimum absolute atomic E-state index is 0.314. The highest BCUT2D eigenvalue weighted by molar-refractivity contribution is 5.73. The first-order valence-corrected chi connectivity index (χ1v) is 5.05. The number of hydrogen-bond donors (Lipinski definition) is 1. The van der Waals surface area contributed by atoms with Crippen molar-refractivity contribution in [3.05, 3.63) is 42.9 Å². The maximum Gasteiger partial charge on any atom is 0.229 e. The Labute approximate surface area is 96.9 Å². The Bertz CT molecular complexity index is 612. The fourth-order valence-electron chi connectivity index (χ4n) is 1.62. The van der Waals surface area contributed by atoms with Gasteiger partial charge in [-0.25, -0.2) is 4.98 Å². The van der Waals surface area contributed by atoms with Gasteiger partial charge >= 0.3 is 0 Å². The topological polar surface area (TPSA) is 78.1 Å². The van der Waals surface area contributed by atoms with E-state index in [1.54, 1.807) is 18.7 Å². The number of aromatic nitrogens is 2. The van der Waals surface area contributed by atoms with Crippen molar-refractivity contribution in [3.8, 4) is 22.6 Å². The molecule has 0 spiro atoms. The van der Waals surface area contributed by atoms with E-state index in [4.69, 9.17) is 14.7 Å². The second-order valence-electron chi connectivity index (χ2n) is 3.52. The number of benzene rings is 1. The molecule has 2 heterocycles. The molecule has 2 aromatic heterocycles. The average Bonchev–Trinajstić information content (AvgIpc) is 3.00. The highest BCUT2D eigenvalue weighted by atomic mass is 16.5. The molecule has 0 aliphatic heterocycles. The van der Waals surface area contributed by atoms with E-state index < -0.39 is 0 Å². The van der Waals surface area contributed by atoms with Gasteiger partial charge in [-0.15, -0.1) is 0 Å². The van der Waals surface area contributed by atoms with Crippen molar-refractivity contribution in [1.82, 2.24) is 10.1 Å². The molecule has 0 unspecified atom stereocenters. The van der Waals surface area contributed by atoms with Crippen LogP contribution < -0.4 is 5.73 Å². The summed E-state index contributed by atoms with van der Waals surface area (Å²) in [4.78, 5) is 4.07. The molecular formula is C12H9N3O2. The van der Waals surface area contributed by atoms with E-state index in [1.165, 1.54) is 0 Å². The van der Waals surface area contributed by atoms with Gasteiger partial charge in [0.1, 0.15) is 6.26 Å². The predicted octanol–water partition coefficient (Wildman–Crippen LogP) is 2.58. The van der Waals surface area contributed by atoms with E-state index in [1.807, 2.05) is 24.3 Å². The standard InChI is InChI=1S/C12H9N3O2/c13-11-10(7-15-17-11)8-1-3-9(4-2-8)12-14-5-6-16-12/h1-7H,13H2. The van der Waals surface area contributed by atoms with E-state index >= 15 is 0 Å². The Hall–Kier alpha value is -2.56. The number of nitrogen functional groups attached to an aromatic ring is 1. The van der Waals surface area contributed by atoms with E-state index in [0.717, 1.165) is 16.7 Å². The van der Waals surface area contributed by atoms with Crippen molar-refractivity contribution in [2.75, 3.05) is 5.73 Å². The molecule has 0 atom stereocenters. The molecule has 3 rings (SSSR count). The zero-order chi connectivity index (χ0) is 11.7. The molecule has 0 aliphatic carbocycles. The van der Waals surface area contributed by atoms with Crippen LogP contribution in [-0.4, -0.2) is 10.1 Å². The lowest BCUT2D eigenvalue weighted by molar-refractivity contribution is 0.436. The number of rotatable bonds is 2. The van der Waals surface area contributed by atoms with E-state index in [0.29, 0.717) is 11.8 Å². The monoisotopic (exact) mass is 227 g/mol. The third kappa shape index (κ3) is 1.67. The fraction of sp³-hybridized carbons (Fsp3) is 0. The molecule has 17 heavy (non-hydrogen) atoms. The molecule has 5 nitrogen and oxygen atoms in total. The molecule has 2 N–H and O–H groups in total. The van der Waals surface area contributed by atoms with E-state index in [-0.39, 0.29) is 0 Å². The fourth-order valence-corrected chi connectivity index (χ4v) is 1.62. The third-order valence-corrected chi connectivity index (χ3v) is 2.47. The third-order valence-electron chi connectivity index (χ3n) is 2.47. The van der Waals surface area contributed by atoms with Gasteiger partial charge in [0.15, 0.2) is 0 Å². The largest absolute Gasteiger partial charge is 0.445 e.